The topological polar surface area (TPSA) is 58.6 Å². The minimum absolute atomic E-state index is 0.0848. The second kappa shape index (κ2) is 7.57. The zero-order valence-electron chi connectivity index (χ0n) is 13.9. The minimum Gasteiger partial charge on any atom is -0.492 e. The summed E-state index contributed by atoms with van der Waals surface area (Å²) in [6.07, 6.45) is 0.173. The standard InChI is InChI=1S/C19H19ClN2O3/c1-2-25-17-9-4-3-8-16(17)22-12-13(10-18(22)23)19(24)21-15-7-5-6-14(20)11-15/h3-9,11,13H,2,10,12H2,1H3,(H,21,24). The summed E-state index contributed by atoms with van der Waals surface area (Å²) >= 11 is 5.93. The molecule has 2 amide bonds. The molecule has 0 aliphatic carbocycles. The van der Waals surface area contributed by atoms with Crippen LogP contribution in [0.15, 0.2) is 48.5 Å². The quantitative estimate of drug-likeness (QED) is 0.886. The average Bonchev–Trinajstić information content (AvgIpc) is 2.97. The summed E-state index contributed by atoms with van der Waals surface area (Å²) in [7, 11) is 0. The Morgan fingerprint density at radius 3 is 2.84 bits per heavy atom. The predicted molar refractivity (Wildman–Crippen MR) is 98.2 cm³/mol. The van der Waals surface area contributed by atoms with Crippen molar-refractivity contribution in [3.8, 4) is 5.75 Å². The lowest BCUT2D eigenvalue weighted by atomic mass is 10.1. The predicted octanol–water partition coefficient (Wildman–Crippen LogP) is 3.73. The first-order chi connectivity index (χ1) is 12.1. The van der Waals surface area contributed by atoms with Gasteiger partial charge < -0.3 is 15.0 Å². The van der Waals surface area contributed by atoms with Crippen molar-refractivity contribution < 1.29 is 14.3 Å². The molecule has 0 spiro atoms. The van der Waals surface area contributed by atoms with Gasteiger partial charge in [0.1, 0.15) is 5.75 Å². The van der Waals surface area contributed by atoms with E-state index in [1.165, 1.54) is 0 Å². The van der Waals surface area contributed by atoms with E-state index in [-0.39, 0.29) is 18.2 Å². The minimum atomic E-state index is -0.416. The number of para-hydroxylation sites is 2. The Hall–Kier alpha value is -2.53. The fraction of sp³-hybridized carbons (Fsp3) is 0.263. The molecule has 0 aromatic heterocycles. The molecule has 0 saturated carbocycles. The van der Waals surface area contributed by atoms with Gasteiger partial charge in [0, 0.05) is 23.7 Å². The van der Waals surface area contributed by atoms with Crippen LogP contribution in [0.2, 0.25) is 5.02 Å². The van der Waals surface area contributed by atoms with E-state index in [9.17, 15) is 9.59 Å². The van der Waals surface area contributed by atoms with Gasteiger partial charge in [-0.25, -0.2) is 0 Å². The number of hydrogen-bond acceptors (Lipinski definition) is 3. The number of amides is 2. The summed E-state index contributed by atoms with van der Waals surface area (Å²) < 4.78 is 5.59. The molecule has 1 aliphatic heterocycles. The van der Waals surface area contributed by atoms with Crippen LogP contribution in [0.25, 0.3) is 0 Å². The molecule has 1 aliphatic rings. The fourth-order valence-corrected chi connectivity index (χ4v) is 3.07. The van der Waals surface area contributed by atoms with Gasteiger partial charge in [0.15, 0.2) is 0 Å². The van der Waals surface area contributed by atoms with E-state index >= 15 is 0 Å². The first kappa shape index (κ1) is 17.3. The molecule has 25 heavy (non-hydrogen) atoms. The summed E-state index contributed by atoms with van der Waals surface area (Å²) in [5.41, 5.74) is 1.32. The summed E-state index contributed by atoms with van der Waals surface area (Å²) in [5, 5.41) is 3.37. The van der Waals surface area contributed by atoms with E-state index in [0.717, 1.165) is 0 Å². The van der Waals surface area contributed by atoms with E-state index < -0.39 is 5.92 Å². The Bertz CT molecular complexity index is 794. The van der Waals surface area contributed by atoms with Gasteiger partial charge in [0.05, 0.1) is 18.2 Å². The Kier molecular flexibility index (Phi) is 5.24. The van der Waals surface area contributed by atoms with Gasteiger partial charge in [-0.1, -0.05) is 29.8 Å². The van der Waals surface area contributed by atoms with Crippen LogP contribution < -0.4 is 15.0 Å². The van der Waals surface area contributed by atoms with Crippen molar-refractivity contribution in [2.75, 3.05) is 23.4 Å². The SMILES string of the molecule is CCOc1ccccc1N1CC(C(=O)Nc2cccc(Cl)c2)CC1=O. The van der Waals surface area contributed by atoms with Crippen molar-refractivity contribution in [3.05, 3.63) is 53.6 Å². The van der Waals surface area contributed by atoms with Crippen molar-refractivity contribution >= 4 is 34.8 Å². The van der Waals surface area contributed by atoms with Gasteiger partial charge in [-0.3, -0.25) is 9.59 Å². The lowest BCUT2D eigenvalue weighted by Crippen LogP contribution is -2.28. The maximum Gasteiger partial charge on any atom is 0.229 e. The fourth-order valence-electron chi connectivity index (χ4n) is 2.88. The highest BCUT2D eigenvalue weighted by atomic mass is 35.5. The molecule has 2 aromatic carbocycles. The van der Waals surface area contributed by atoms with Crippen molar-refractivity contribution in [2.45, 2.75) is 13.3 Å². The lowest BCUT2D eigenvalue weighted by Gasteiger charge is -2.20. The molecule has 5 nitrogen and oxygen atoms in total. The number of halogens is 1. The summed E-state index contributed by atoms with van der Waals surface area (Å²) in [4.78, 5) is 26.5. The molecule has 0 radical (unpaired) electrons. The molecular formula is C19H19ClN2O3. The van der Waals surface area contributed by atoms with Crippen LogP contribution in [0.5, 0.6) is 5.75 Å². The summed E-state index contributed by atoms with van der Waals surface area (Å²) in [6, 6.07) is 14.3. The van der Waals surface area contributed by atoms with Crippen LogP contribution >= 0.6 is 11.6 Å². The maximum atomic E-state index is 12.5. The maximum absolute atomic E-state index is 12.5. The first-order valence-electron chi connectivity index (χ1n) is 8.17. The van der Waals surface area contributed by atoms with Crippen LogP contribution in [0.1, 0.15) is 13.3 Å². The van der Waals surface area contributed by atoms with Crippen LogP contribution in [0.4, 0.5) is 11.4 Å². The van der Waals surface area contributed by atoms with Crippen molar-refractivity contribution in [1.29, 1.82) is 0 Å². The normalized spacial score (nSPS) is 16.8. The number of benzene rings is 2. The van der Waals surface area contributed by atoms with E-state index in [1.54, 1.807) is 29.2 Å². The highest BCUT2D eigenvalue weighted by Crippen LogP contribution is 2.33. The molecule has 3 rings (SSSR count). The number of nitrogens with zero attached hydrogens (tertiary/aromatic N) is 1. The van der Waals surface area contributed by atoms with Gasteiger partial charge in [0.2, 0.25) is 11.8 Å². The Labute approximate surface area is 151 Å². The molecule has 1 N–H and O–H groups in total. The van der Waals surface area contributed by atoms with Crippen LogP contribution in [0, 0.1) is 5.92 Å². The molecule has 1 saturated heterocycles. The molecule has 0 bridgehead atoms. The van der Waals surface area contributed by atoms with Crippen molar-refractivity contribution in [3.63, 3.8) is 0 Å². The summed E-state index contributed by atoms with van der Waals surface area (Å²) in [6.45, 7) is 2.73. The number of hydrogen-bond donors (Lipinski definition) is 1. The molecule has 6 heteroatoms. The van der Waals surface area contributed by atoms with Crippen LogP contribution in [-0.4, -0.2) is 25.0 Å². The third-order valence-corrected chi connectivity index (χ3v) is 4.28. The molecule has 2 aromatic rings. The number of nitrogens with one attached hydrogen (secondary N) is 1. The van der Waals surface area contributed by atoms with Crippen LogP contribution in [-0.2, 0) is 9.59 Å². The third-order valence-electron chi connectivity index (χ3n) is 4.04. The zero-order valence-corrected chi connectivity index (χ0v) is 14.6. The Morgan fingerprint density at radius 1 is 1.28 bits per heavy atom. The number of ether oxygens (including phenoxy) is 1. The Balaban J connectivity index is 1.73. The number of carbonyl (C=O) groups is 2. The number of carbonyl (C=O) groups excluding carboxylic acids is 2. The second-order valence-electron chi connectivity index (χ2n) is 5.81. The van der Waals surface area contributed by atoms with Gasteiger partial charge in [-0.15, -0.1) is 0 Å². The van der Waals surface area contributed by atoms with Crippen molar-refractivity contribution in [1.82, 2.24) is 0 Å². The van der Waals surface area contributed by atoms with Gasteiger partial charge in [-0.05, 0) is 37.3 Å². The average molecular weight is 359 g/mol. The summed E-state index contributed by atoms with van der Waals surface area (Å²) in [5.74, 6) is -0.0409. The molecule has 1 unspecified atom stereocenters. The molecule has 1 atom stereocenters. The first-order valence-corrected chi connectivity index (χ1v) is 8.55. The lowest BCUT2D eigenvalue weighted by molar-refractivity contribution is -0.122. The van der Waals surface area contributed by atoms with Gasteiger partial charge in [-0.2, -0.15) is 0 Å². The second-order valence-corrected chi connectivity index (χ2v) is 6.24. The highest BCUT2D eigenvalue weighted by molar-refractivity contribution is 6.30. The number of rotatable bonds is 5. The monoisotopic (exact) mass is 358 g/mol. The van der Waals surface area contributed by atoms with Crippen LogP contribution in [0.3, 0.4) is 0 Å². The molecular weight excluding hydrogens is 340 g/mol. The number of anilines is 2. The largest absolute Gasteiger partial charge is 0.492 e. The van der Waals surface area contributed by atoms with E-state index in [0.29, 0.717) is 35.3 Å². The van der Waals surface area contributed by atoms with E-state index in [4.69, 9.17) is 16.3 Å². The highest BCUT2D eigenvalue weighted by Gasteiger charge is 2.36. The van der Waals surface area contributed by atoms with E-state index in [2.05, 4.69) is 5.32 Å². The van der Waals surface area contributed by atoms with E-state index in [1.807, 2.05) is 31.2 Å². The molecule has 1 fully saturated rings. The van der Waals surface area contributed by atoms with Crippen molar-refractivity contribution in [2.24, 2.45) is 5.92 Å². The third kappa shape index (κ3) is 3.94. The molecule has 130 valence electrons. The smallest absolute Gasteiger partial charge is 0.229 e. The molecule has 1 heterocycles. The zero-order chi connectivity index (χ0) is 17.8. The van der Waals surface area contributed by atoms with Gasteiger partial charge >= 0.3 is 0 Å². The van der Waals surface area contributed by atoms with Gasteiger partial charge in [0.25, 0.3) is 0 Å². The Morgan fingerprint density at radius 2 is 2.08 bits per heavy atom.